The predicted octanol–water partition coefficient (Wildman–Crippen LogP) is 30.1. The molecule has 0 radical (unpaired) electrons. The lowest BCUT2D eigenvalue weighted by molar-refractivity contribution is 0.590. The topological polar surface area (TPSA) is 19.6 Å². The van der Waals surface area contributed by atoms with E-state index >= 15 is 0 Å². The summed E-state index contributed by atoms with van der Waals surface area (Å²) in [6.45, 7) is 41.7. The third-order valence-electron chi connectivity index (χ3n) is 26.7. The van der Waals surface area contributed by atoms with Crippen LogP contribution < -0.4 is 31.1 Å². The van der Waals surface area contributed by atoms with Crippen molar-refractivity contribution in [3.8, 4) is 11.4 Å². The Bertz CT molecular complexity index is 6880. The minimum absolute atomic E-state index is 0.0690. The molecule has 120 heavy (non-hydrogen) atoms. The van der Waals surface area contributed by atoms with Crippen LogP contribution in [0.2, 0.25) is 0 Å². The zero-order valence-corrected chi connectivity index (χ0v) is 72.7. The summed E-state index contributed by atoms with van der Waals surface area (Å²) in [5.74, 6) is 0. The molecule has 0 aliphatic carbocycles. The molecule has 0 fully saturated rings. The standard InChI is InChI=1S/C114H104BN5/c1-109(2,3)69-35-43-75(44-36-69)116(76-45-37-70(38-46-76)110(4,5)6)81-67-106-108-107(68-81)120(78-48-52-91-87-32-22-20-28-83(87)85-30-24-26-34-89(85)93(91)64-78)105-66-80(118-102-57-41-73(113(13,14)15)61-96(102)97-62-74(114(16,17)18)42-58-103(97)118)50-54-99(105)115(108)98-53-49-79(117-100-55-39-71(111(7,8)9)59-94(100)95-60-72(112(10,11)12)40-56-101(95)117)65-104(98)119(106)77-47-51-90-86-31-21-19-27-82(86)84-29-23-25-33-88(84)92(90)63-77/h19-68H,1-18H3. The molecule has 588 valence electrons. The number of nitrogens with zero attached hydrogens (tertiary/aromatic N) is 5. The second-order valence-corrected chi connectivity index (χ2v) is 40.7. The van der Waals surface area contributed by atoms with Gasteiger partial charge in [0.2, 0.25) is 0 Å². The van der Waals surface area contributed by atoms with E-state index in [2.05, 4.69) is 452 Å². The van der Waals surface area contributed by atoms with Crippen LogP contribution in [0.25, 0.3) is 120 Å². The molecule has 0 saturated carbocycles. The van der Waals surface area contributed by atoms with Crippen LogP contribution in [0.1, 0.15) is 158 Å². The minimum Gasteiger partial charge on any atom is -0.311 e. The highest BCUT2D eigenvalue weighted by atomic mass is 15.2. The van der Waals surface area contributed by atoms with Crippen LogP contribution in [0, 0.1) is 0 Å². The van der Waals surface area contributed by atoms with Crippen LogP contribution in [-0.4, -0.2) is 15.8 Å². The molecular weight excluding hydrogens is 1450 g/mol. The number of aromatic nitrogens is 2. The van der Waals surface area contributed by atoms with Gasteiger partial charge in [0.15, 0.2) is 0 Å². The number of rotatable bonds is 7. The second kappa shape index (κ2) is 26.4. The second-order valence-electron chi connectivity index (χ2n) is 40.7. The Hall–Kier alpha value is -12.6. The summed E-state index contributed by atoms with van der Waals surface area (Å²) in [7, 11) is 0. The lowest BCUT2D eigenvalue weighted by atomic mass is 9.33. The molecule has 0 atom stereocenters. The molecule has 0 bridgehead atoms. The summed E-state index contributed by atoms with van der Waals surface area (Å²) in [5, 5.41) is 19.9. The Balaban J connectivity index is 0.924. The Morgan fingerprint density at radius 1 is 0.200 bits per heavy atom. The fourth-order valence-electron chi connectivity index (χ4n) is 20.1. The Labute approximate surface area is 706 Å². The maximum atomic E-state index is 2.68. The maximum absolute atomic E-state index is 2.68. The summed E-state index contributed by atoms with van der Waals surface area (Å²) in [5.41, 5.74) is 27.8. The van der Waals surface area contributed by atoms with E-state index in [1.807, 2.05) is 0 Å². The summed E-state index contributed by atoms with van der Waals surface area (Å²) < 4.78 is 5.14. The molecule has 4 heterocycles. The van der Waals surface area contributed by atoms with Gasteiger partial charge in [-0.05, 0) is 280 Å². The Morgan fingerprint density at radius 3 is 0.742 bits per heavy atom. The van der Waals surface area contributed by atoms with Crippen LogP contribution >= 0.6 is 0 Å². The van der Waals surface area contributed by atoms with Gasteiger partial charge in [-0.2, -0.15) is 0 Å². The molecule has 0 unspecified atom stereocenters. The summed E-state index contributed by atoms with van der Waals surface area (Å²) >= 11 is 0. The number of anilines is 9. The third-order valence-corrected chi connectivity index (χ3v) is 26.7. The van der Waals surface area contributed by atoms with Crippen molar-refractivity contribution in [1.82, 2.24) is 9.13 Å². The van der Waals surface area contributed by atoms with Crippen LogP contribution in [0.5, 0.6) is 0 Å². The van der Waals surface area contributed by atoms with E-state index in [4.69, 9.17) is 0 Å². The van der Waals surface area contributed by atoms with Gasteiger partial charge in [-0.15, -0.1) is 0 Å². The third kappa shape index (κ3) is 11.8. The zero-order chi connectivity index (χ0) is 82.9. The SMILES string of the molecule is CC(C)(C)c1ccc(N(c2ccc(C(C)(C)C)cc2)c2cc3c4c(c2)N(c2ccc5c6ccccc6c6ccccc6c5c2)c2cc(-n5c6ccc(C(C)(C)C)cc6c6cc(C(C)(C)C)ccc65)ccc2B4c2ccc(-n4c5ccc(C(C)(C)C)cc5c5cc(C(C)(C)C)ccc54)cc2N3c2ccc3c4ccccc4c4ccccc4c3c2)cc1. The fourth-order valence-corrected chi connectivity index (χ4v) is 20.1. The van der Waals surface area contributed by atoms with Crippen molar-refractivity contribution in [1.29, 1.82) is 0 Å². The monoisotopic (exact) mass is 1550 g/mol. The van der Waals surface area contributed by atoms with Crippen LogP contribution in [0.15, 0.2) is 303 Å². The van der Waals surface area contributed by atoms with Gasteiger partial charge in [-0.1, -0.05) is 294 Å². The molecule has 0 spiro atoms. The predicted molar refractivity (Wildman–Crippen MR) is 521 cm³/mol. The molecule has 0 saturated heterocycles. The van der Waals surface area contributed by atoms with Crippen molar-refractivity contribution >= 4 is 183 Å². The first-order chi connectivity index (χ1) is 57.3. The number of hydrogen-bond acceptors (Lipinski definition) is 3. The first-order valence-corrected chi connectivity index (χ1v) is 43.2. The van der Waals surface area contributed by atoms with E-state index in [-0.39, 0.29) is 39.2 Å². The van der Waals surface area contributed by atoms with Crippen LogP contribution in [-0.2, 0) is 32.5 Å². The normalized spacial score (nSPS) is 13.5. The van der Waals surface area contributed by atoms with Gasteiger partial charge in [0.05, 0.1) is 27.8 Å². The largest absolute Gasteiger partial charge is 0.311 e. The first kappa shape index (κ1) is 74.9. The summed E-state index contributed by atoms with van der Waals surface area (Å²) in [4.78, 5) is 7.91. The van der Waals surface area contributed by atoms with E-state index < -0.39 is 0 Å². The quantitative estimate of drug-likeness (QED) is 0.117. The highest BCUT2D eigenvalue weighted by Gasteiger charge is 2.45. The van der Waals surface area contributed by atoms with Crippen molar-refractivity contribution in [2.45, 2.75) is 157 Å². The lowest BCUT2D eigenvalue weighted by Gasteiger charge is -2.45. The van der Waals surface area contributed by atoms with Crippen molar-refractivity contribution in [3.63, 3.8) is 0 Å². The average Bonchev–Trinajstić information content (AvgIpc) is 0.779. The number of fused-ring (bicyclic) bond motifs is 22. The molecule has 6 heteroatoms. The summed E-state index contributed by atoms with van der Waals surface area (Å²) in [6, 6.07) is 119. The number of hydrogen-bond donors (Lipinski definition) is 0. The molecule has 5 nitrogen and oxygen atoms in total. The van der Waals surface area contributed by atoms with Gasteiger partial charge in [-0.25, -0.2) is 0 Å². The van der Waals surface area contributed by atoms with Crippen molar-refractivity contribution in [3.05, 3.63) is 337 Å². The van der Waals surface area contributed by atoms with E-state index in [9.17, 15) is 0 Å². The minimum atomic E-state index is -0.269. The average molecular weight is 1550 g/mol. The maximum Gasteiger partial charge on any atom is 0.252 e. The van der Waals surface area contributed by atoms with Crippen LogP contribution in [0.4, 0.5) is 51.2 Å². The van der Waals surface area contributed by atoms with Crippen molar-refractivity contribution in [2.75, 3.05) is 14.7 Å². The van der Waals surface area contributed by atoms with Gasteiger partial charge in [0.25, 0.3) is 6.71 Å². The summed E-state index contributed by atoms with van der Waals surface area (Å²) in [6.07, 6.45) is 0. The van der Waals surface area contributed by atoms with E-state index in [0.717, 1.165) is 62.6 Å². The van der Waals surface area contributed by atoms with E-state index in [1.165, 1.54) is 158 Å². The lowest BCUT2D eigenvalue weighted by Crippen LogP contribution is -2.61. The van der Waals surface area contributed by atoms with Gasteiger partial charge >= 0.3 is 0 Å². The molecule has 2 aliphatic rings. The molecule has 19 aromatic rings. The van der Waals surface area contributed by atoms with Crippen molar-refractivity contribution in [2.24, 2.45) is 0 Å². The first-order valence-electron chi connectivity index (χ1n) is 43.2. The van der Waals surface area contributed by atoms with Gasteiger partial charge < -0.3 is 23.8 Å². The molecular formula is C114H104BN5. The molecule has 21 rings (SSSR count). The zero-order valence-electron chi connectivity index (χ0n) is 72.7. The number of benzene rings is 17. The highest BCUT2D eigenvalue weighted by Crippen LogP contribution is 2.53. The van der Waals surface area contributed by atoms with Crippen LogP contribution in [0.3, 0.4) is 0 Å². The molecule has 0 amide bonds. The molecule has 2 aliphatic heterocycles. The highest BCUT2D eigenvalue weighted by molar-refractivity contribution is 7.00. The van der Waals surface area contributed by atoms with Crippen molar-refractivity contribution < 1.29 is 0 Å². The van der Waals surface area contributed by atoms with Gasteiger partial charge in [0.1, 0.15) is 0 Å². The van der Waals surface area contributed by atoms with E-state index in [1.54, 1.807) is 0 Å². The Kier molecular flexibility index (Phi) is 16.5. The smallest absolute Gasteiger partial charge is 0.252 e. The Morgan fingerprint density at radius 2 is 0.458 bits per heavy atom. The van der Waals surface area contributed by atoms with Gasteiger partial charge in [-0.3, -0.25) is 0 Å². The van der Waals surface area contributed by atoms with Gasteiger partial charge in [0, 0.05) is 78.4 Å². The fraction of sp³-hybridized carbons (Fsp3) is 0.211. The molecule has 17 aromatic carbocycles. The molecule has 0 N–H and O–H groups in total. The van der Waals surface area contributed by atoms with E-state index in [0.29, 0.717) is 0 Å². The molecule has 2 aromatic heterocycles.